The number of hydrogen-bond acceptors (Lipinski definition) is 2. The molecule has 1 aromatic rings. The highest BCUT2D eigenvalue weighted by molar-refractivity contribution is 5.58. The van der Waals surface area contributed by atoms with Crippen LogP contribution in [0, 0.1) is 0 Å². The van der Waals surface area contributed by atoms with Crippen molar-refractivity contribution >= 4 is 5.69 Å². The number of para-hydroxylation sites is 2. The van der Waals surface area contributed by atoms with Gasteiger partial charge in [0.2, 0.25) is 0 Å². The summed E-state index contributed by atoms with van der Waals surface area (Å²) >= 11 is 0. The number of nitrogens with zero attached hydrogens (tertiary/aromatic N) is 1. The summed E-state index contributed by atoms with van der Waals surface area (Å²) in [6, 6.07) is 7.97. The molecule has 0 aliphatic carbocycles. The van der Waals surface area contributed by atoms with Crippen LogP contribution in [0.3, 0.4) is 0 Å². The molecule has 0 unspecified atom stereocenters. The zero-order chi connectivity index (χ0) is 11.3. The molecule has 0 amide bonds. The summed E-state index contributed by atoms with van der Waals surface area (Å²) < 4.78 is 0. The third-order valence-corrected chi connectivity index (χ3v) is 2.57. The molecule has 0 bridgehead atoms. The smallest absolute Gasteiger partial charge is 0.138 e. The first-order chi connectivity index (χ1) is 7.16. The Kier molecular flexibility index (Phi) is 4.47. The van der Waals surface area contributed by atoms with E-state index in [-0.39, 0.29) is 0 Å². The second kappa shape index (κ2) is 5.64. The molecule has 0 fully saturated rings. The molecular weight excluding hydrogens is 186 g/mol. The van der Waals surface area contributed by atoms with Gasteiger partial charge in [-0.15, -0.1) is 0 Å². The minimum Gasteiger partial charge on any atom is -0.506 e. The summed E-state index contributed by atoms with van der Waals surface area (Å²) in [7, 11) is 0. The third-order valence-electron chi connectivity index (χ3n) is 2.57. The van der Waals surface area contributed by atoms with Gasteiger partial charge in [-0.3, -0.25) is 0 Å². The minimum absolute atomic E-state index is 0.377. The Bertz CT molecular complexity index is 296. The van der Waals surface area contributed by atoms with E-state index in [0.717, 1.165) is 18.7 Å². The number of unbranched alkanes of at least 4 members (excludes halogenated alkanes) is 1. The monoisotopic (exact) mass is 207 g/mol. The lowest BCUT2D eigenvalue weighted by Crippen LogP contribution is -2.31. The van der Waals surface area contributed by atoms with Crippen molar-refractivity contribution in [3.8, 4) is 5.75 Å². The minimum atomic E-state index is 0.377. The van der Waals surface area contributed by atoms with Gasteiger partial charge in [-0.2, -0.15) is 0 Å². The van der Waals surface area contributed by atoms with Crippen LogP contribution in [-0.2, 0) is 0 Å². The molecule has 0 atom stereocenters. The highest BCUT2D eigenvalue weighted by atomic mass is 16.3. The van der Waals surface area contributed by atoms with Crippen LogP contribution in [-0.4, -0.2) is 17.7 Å². The maximum absolute atomic E-state index is 9.79. The molecule has 0 spiro atoms. The molecule has 1 aromatic carbocycles. The predicted octanol–water partition coefficient (Wildman–Crippen LogP) is 3.41. The van der Waals surface area contributed by atoms with E-state index in [1.807, 2.05) is 18.2 Å². The van der Waals surface area contributed by atoms with Crippen LogP contribution in [0.15, 0.2) is 24.3 Å². The predicted molar refractivity (Wildman–Crippen MR) is 65.5 cm³/mol. The van der Waals surface area contributed by atoms with Crippen molar-refractivity contribution in [1.82, 2.24) is 0 Å². The van der Waals surface area contributed by atoms with Crippen LogP contribution in [0.25, 0.3) is 0 Å². The van der Waals surface area contributed by atoms with E-state index in [9.17, 15) is 5.11 Å². The maximum atomic E-state index is 9.79. The Morgan fingerprint density at radius 1 is 1.27 bits per heavy atom. The first kappa shape index (κ1) is 11.9. The number of rotatable bonds is 5. The number of benzene rings is 1. The highest BCUT2D eigenvalue weighted by Gasteiger charge is 2.12. The second-order valence-electron chi connectivity index (χ2n) is 4.13. The highest BCUT2D eigenvalue weighted by Crippen LogP contribution is 2.28. The molecular formula is C13H21NO. The molecule has 0 saturated carbocycles. The Morgan fingerprint density at radius 3 is 2.47 bits per heavy atom. The zero-order valence-electron chi connectivity index (χ0n) is 9.90. The summed E-state index contributed by atoms with van der Waals surface area (Å²) in [6.45, 7) is 7.50. The molecule has 84 valence electrons. The quantitative estimate of drug-likeness (QED) is 0.799. The summed E-state index contributed by atoms with van der Waals surface area (Å²) in [5, 5.41) is 9.79. The molecule has 0 radical (unpaired) electrons. The number of phenols is 1. The van der Waals surface area contributed by atoms with Crippen LogP contribution < -0.4 is 4.90 Å². The van der Waals surface area contributed by atoms with Gasteiger partial charge in [0, 0.05) is 12.6 Å². The van der Waals surface area contributed by atoms with Gasteiger partial charge in [-0.25, -0.2) is 0 Å². The van der Waals surface area contributed by atoms with Crippen molar-refractivity contribution in [1.29, 1.82) is 0 Å². The summed E-state index contributed by atoms with van der Waals surface area (Å²) in [5.74, 6) is 0.377. The average molecular weight is 207 g/mol. The molecule has 2 heteroatoms. The molecule has 15 heavy (non-hydrogen) atoms. The average Bonchev–Trinajstić information content (AvgIpc) is 2.20. The van der Waals surface area contributed by atoms with E-state index in [2.05, 4.69) is 25.7 Å². The van der Waals surface area contributed by atoms with Gasteiger partial charge in [0.05, 0.1) is 5.69 Å². The fourth-order valence-electron chi connectivity index (χ4n) is 1.69. The van der Waals surface area contributed by atoms with Gasteiger partial charge >= 0.3 is 0 Å². The fraction of sp³-hybridized carbons (Fsp3) is 0.538. The van der Waals surface area contributed by atoms with Crippen molar-refractivity contribution in [3.63, 3.8) is 0 Å². The lowest BCUT2D eigenvalue weighted by molar-refractivity contribution is 0.471. The topological polar surface area (TPSA) is 23.5 Å². The standard InChI is InChI=1S/C13H21NO/c1-4-5-10-14(11(2)3)12-8-6-7-9-13(12)15/h6-9,11,15H,4-5,10H2,1-3H3. The maximum Gasteiger partial charge on any atom is 0.138 e. The van der Waals surface area contributed by atoms with Gasteiger partial charge in [0.25, 0.3) is 0 Å². The van der Waals surface area contributed by atoms with Crippen molar-refractivity contribution in [2.24, 2.45) is 0 Å². The van der Waals surface area contributed by atoms with Gasteiger partial charge in [-0.05, 0) is 32.4 Å². The van der Waals surface area contributed by atoms with Crippen LogP contribution in [0.5, 0.6) is 5.75 Å². The molecule has 0 aliphatic heterocycles. The van der Waals surface area contributed by atoms with Crippen LogP contribution >= 0.6 is 0 Å². The molecule has 0 aromatic heterocycles. The van der Waals surface area contributed by atoms with E-state index >= 15 is 0 Å². The Morgan fingerprint density at radius 2 is 1.93 bits per heavy atom. The SMILES string of the molecule is CCCCN(c1ccccc1O)C(C)C. The molecule has 1 rings (SSSR count). The van der Waals surface area contributed by atoms with Gasteiger partial charge in [-0.1, -0.05) is 25.5 Å². The van der Waals surface area contributed by atoms with Crippen molar-refractivity contribution in [2.45, 2.75) is 39.7 Å². The van der Waals surface area contributed by atoms with Gasteiger partial charge in [0.1, 0.15) is 5.75 Å². The van der Waals surface area contributed by atoms with Crippen LogP contribution in [0.2, 0.25) is 0 Å². The number of aromatic hydroxyl groups is 1. The lowest BCUT2D eigenvalue weighted by atomic mass is 10.2. The first-order valence-corrected chi connectivity index (χ1v) is 5.71. The molecule has 0 saturated heterocycles. The third kappa shape index (κ3) is 3.15. The number of hydrogen-bond donors (Lipinski definition) is 1. The van der Waals surface area contributed by atoms with Crippen molar-refractivity contribution in [3.05, 3.63) is 24.3 Å². The normalized spacial score (nSPS) is 10.7. The van der Waals surface area contributed by atoms with E-state index in [1.54, 1.807) is 6.07 Å². The zero-order valence-corrected chi connectivity index (χ0v) is 9.90. The fourth-order valence-corrected chi connectivity index (χ4v) is 1.69. The number of anilines is 1. The Balaban J connectivity index is 2.84. The largest absolute Gasteiger partial charge is 0.506 e. The second-order valence-corrected chi connectivity index (χ2v) is 4.13. The van der Waals surface area contributed by atoms with E-state index in [1.165, 1.54) is 6.42 Å². The first-order valence-electron chi connectivity index (χ1n) is 5.71. The Labute approximate surface area is 92.5 Å². The van der Waals surface area contributed by atoms with E-state index in [4.69, 9.17) is 0 Å². The summed E-state index contributed by atoms with van der Waals surface area (Å²) in [4.78, 5) is 2.25. The molecule has 1 N–H and O–H groups in total. The summed E-state index contributed by atoms with van der Waals surface area (Å²) in [6.07, 6.45) is 2.34. The number of phenolic OH excluding ortho intramolecular Hbond substituents is 1. The molecule has 0 heterocycles. The Hall–Kier alpha value is -1.18. The lowest BCUT2D eigenvalue weighted by Gasteiger charge is -2.29. The molecule has 2 nitrogen and oxygen atoms in total. The van der Waals surface area contributed by atoms with Crippen LogP contribution in [0.1, 0.15) is 33.6 Å². The van der Waals surface area contributed by atoms with E-state index < -0.39 is 0 Å². The van der Waals surface area contributed by atoms with Crippen molar-refractivity contribution in [2.75, 3.05) is 11.4 Å². The summed E-state index contributed by atoms with van der Waals surface area (Å²) in [5.41, 5.74) is 0.945. The van der Waals surface area contributed by atoms with Gasteiger partial charge in [0.15, 0.2) is 0 Å². The molecule has 0 aliphatic rings. The van der Waals surface area contributed by atoms with Crippen molar-refractivity contribution < 1.29 is 5.11 Å². The van der Waals surface area contributed by atoms with Gasteiger partial charge < -0.3 is 10.0 Å². The van der Waals surface area contributed by atoms with E-state index in [0.29, 0.717) is 11.8 Å². The van der Waals surface area contributed by atoms with Crippen LogP contribution in [0.4, 0.5) is 5.69 Å².